The highest BCUT2D eigenvalue weighted by Crippen LogP contribution is 2.39. The average molecular weight is 668 g/mol. The second kappa shape index (κ2) is 12.4. The molecule has 0 spiro atoms. The maximum Gasteiger partial charge on any atom is 0.215 e. The number of aromatic nitrogens is 2. The van der Waals surface area contributed by atoms with E-state index in [-0.39, 0.29) is 6.10 Å². The Hall–Kier alpha value is -2.69. The van der Waals surface area contributed by atoms with Crippen LogP contribution in [-0.4, -0.2) is 46.9 Å². The molecule has 0 saturated carbocycles. The van der Waals surface area contributed by atoms with Crippen LogP contribution in [0.1, 0.15) is 22.3 Å². The van der Waals surface area contributed by atoms with E-state index in [9.17, 15) is 0 Å². The summed E-state index contributed by atoms with van der Waals surface area (Å²) in [5, 5.41) is 0.683. The zero-order valence-electron chi connectivity index (χ0n) is 22.1. The van der Waals surface area contributed by atoms with Gasteiger partial charge in [0.15, 0.2) is 0 Å². The molecule has 206 valence electrons. The summed E-state index contributed by atoms with van der Waals surface area (Å²) in [5.74, 6) is -0.0719. The summed E-state index contributed by atoms with van der Waals surface area (Å²) in [4.78, 5) is 6.66. The van der Waals surface area contributed by atoms with Crippen LogP contribution in [0.25, 0.3) is 6.08 Å². The van der Waals surface area contributed by atoms with E-state index in [0.717, 1.165) is 40.9 Å². The SMILES string of the molecule is Clc1ccc([C@@]2(Cn3ccnc3)OC[C@H](COc3ccc4c(c3)CCN(C/C=C/c3ccccc3)C4)O2)c(I)c1. The van der Waals surface area contributed by atoms with E-state index in [1.54, 1.807) is 12.5 Å². The quantitative estimate of drug-likeness (QED) is 0.189. The van der Waals surface area contributed by atoms with E-state index in [1.807, 2.05) is 35.0 Å². The van der Waals surface area contributed by atoms with Crippen molar-refractivity contribution in [2.24, 2.45) is 0 Å². The minimum absolute atomic E-state index is 0.210. The Morgan fingerprint density at radius 3 is 2.83 bits per heavy atom. The van der Waals surface area contributed by atoms with Crippen molar-refractivity contribution in [2.75, 3.05) is 26.3 Å². The van der Waals surface area contributed by atoms with Crippen molar-refractivity contribution in [1.29, 1.82) is 0 Å². The van der Waals surface area contributed by atoms with Gasteiger partial charge in [-0.2, -0.15) is 0 Å². The number of imidazole rings is 1. The monoisotopic (exact) mass is 667 g/mol. The van der Waals surface area contributed by atoms with Gasteiger partial charge in [-0.05, 0) is 70.0 Å². The normalized spacial score (nSPS) is 21.1. The number of fused-ring (bicyclic) bond motifs is 1. The molecule has 8 heteroatoms. The van der Waals surface area contributed by atoms with E-state index in [4.69, 9.17) is 25.8 Å². The van der Waals surface area contributed by atoms with E-state index >= 15 is 0 Å². The van der Waals surface area contributed by atoms with Crippen molar-refractivity contribution in [3.63, 3.8) is 0 Å². The summed E-state index contributed by atoms with van der Waals surface area (Å²) in [5.41, 5.74) is 4.91. The Kier molecular flexibility index (Phi) is 8.55. The van der Waals surface area contributed by atoms with Gasteiger partial charge in [-0.25, -0.2) is 4.98 Å². The van der Waals surface area contributed by atoms with Gasteiger partial charge in [0.1, 0.15) is 18.5 Å². The topological polar surface area (TPSA) is 48.8 Å². The molecule has 1 fully saturated rings. The number of halogens is 2. The second-order valence-corrected chi connectivity index (χ2v) is 11.8. The van der Waals surface area contributed by atoms with Crippen LogP contribution >= 0.6 is 34.2 Å². The summed E-state index contributed by atoms with van der Waals surface area (Å²) in [6.45, 7) is 4.25. The minimum Gasteiger partial charge on any atom is -0.491 e. The van der Waals surface area contributed by atoms with E-state index in [2.05, 4.69) is 87.1 Å². The molecule has 0 unspecified atom stereocenters. The van der Waals surface area contributed by atoms with Gasteiger partial charge in [0, 0.05) is 46.2 Å². The largest absolute Gasteiger partial charge is 0.491 e. The summed E-state index contributed by atoms with van der Waals surface area (Å²) in [6.07, 6.45) is 10.7. The molecule has 2 aliphatic heterocycles. The highest BCUT2D eigenvalue weighted by atomic mass is 127. The lowest BCUT2D eigenvalue weighted by Gasteiger charge is -2.30. The summed E-state index contributed by atoms with van der Waals surface area (Å²) in [6, 6.07) is 22.7. The van der Waals surface area contributed by atoms with Crippen molar-refractivity contribution in [3.8, 4) is 5.75 Å². The summed E-state index contributed by atoms with van der Waals surface area (Å²) < 4.78 is 22.2. The van der Waals surface area contributed by atoms with E-state index in [1.165, 1.54) is 16.7 Å². The number of hydrogen-bond acceptors (Lipinski definition) is 5. The number of hydrogen-bond donors (Lipinski definition) is 0. The zero-order valence-corrected chi connectivity index (χ0v) is 25.0. The molecule has 40 heavy (non-hydrogen) atoms. The summed E-state index contributed by atoms with van der Waals surface area (Å²) in [7, 11) is 0. The molecule has 3 heterocycles. The first kappa shape index (κ1) is 27.5. The maximum absolute atomic E-state index is 6.59. The fraction of sp³-hybridized carbons (Fsp3) is 0.281. The Morgan fingerprint density at radius 2 is 2.00 bits per heavy atom. The standard InChI is InChI=1S/C32H31ClIN3O3/c33-27-9-11-30(31(34)18-27)32(22-37-16-13-35-23-37)39-21-29(40-32)20-38-28-10-8-26-19-36(15-12-25(26)17-28)14-4-7-24-5-2-1-3-6-24/h1-11,13,16-18,23,29H,12,14-15,19-22H2/b7-4+/t29-,32-/m0/s1. The second-order valence-electron chi connectivity index (χ2n) is 10.2. The Bertz CT molecular complexity index is 1460. The molecule has 0 N–H and O–H groups in total. The lowest BCUT2D eigenvalue weighted by atomic mass is 9.99. The van der Waals surface area contributed by atoms with E-state index in [0.29, 0.717) is 24.8 Å². The highest BCUT2D eigenvalue weighted by molar-refractivity contribution is 14.1. The fourth-order valence-corrected chi connectivity index (χ4v) is 6.58. The van der Waals surface area contributed by atoms with Crippen LogP contribution < -0.4 is 4.74 Å². The third kappa shape index (κ3) is 6.44. The number of benzene rings is 3. The first-order valence-electron chi connectivity index (χ1n) is 13.5. The van der Waals surface area contributed by atoms with Crippen molar-refractivity contribution in [2.45, 2.75) is 31.4 Å². The Balaban J connectivity index is 1.07. The van der Waals surface area contributed by atoms with Crippen LogP contribution in [0.3, 0.4) is 0 Å². The Labute approximate surface area is 253 Å². The molecule has 2 aliphatic rings. The number of ether oxygens (including phenoxy) is 3. The van der Waals surface area contributed by atoms with Gasteiger partial charge in [-0.1, -0.05) is 66.2 Å². The molecule has 0 amide bonds. The smallest absolute Gasteiger partial charge is 0.215 e. The number of rotatable bonds is 9. The van der Waals surface area contributed by atoms with Gasteiger partial charge in [0.05, 0.1) is 19.5 Å². The van der Waals surface area contributed by atoms with Gasteiger partial charge in [-0.3, -0.25) is 4.90 Å². The van der Waals surface area contributed by atoms with Crippen LogP contribution in [0.2, 0.25) is 5.02 Å². The molecule has 1 aromatic heterocycles. The van der Waals surface area contributed by atoms with Gasteiger partial charge >= 0.3 is 0 Å². The molecule has 4 aromatic rings. The fourth-order valence-electron chi connectivity index (χ4n) is 5.30. The van der Waals surface area contributed by atoms with Crippen molar-refractivity contribution < 1.29 is 14.2 Å². The molecule has 0 bridgehead atoms. The molecule has 6 rings (SSSR count). The predicted molar refractivity (Wildman–Crippen MR) is 165 cm³/mol. The van der Waals surface area contributed by atoms with Crippen LogP contribution in [0.5, 0.6) is 5.75 Å². The minimum atomic E-state index is -0.940. The lowest BCUT2D eigenvalue weighted by Crippen LogP contribution is -2.35. The van der Waals surface area contributed by atoms with Crippen LogP contribution in [0.15, 0.2) is 91.5 Å². The third-order valence-electron chi connectivity index (χ3n) is 7.33. The molecule has 6 nitrogen and oxygen atoms in total. The van der Waals surface area contributed by atoms with Crippen LogP contribution in [0, 0.1) is 3.57 Å². The lowest BCUT2D eigenvalue weighted by molar-refractivity contribution is -0.189. The van der Waals surface area contributed by atoms with Gasteiger partial charge in [0.2, 0.25) is 5.79 Å². The molecule has 0 radical (unpaired) electrons. The van der Waals surface area contributed by atoms with Crippen LogP contribution in [0.4, 0.5) is 0 Å². The van der Waals surface area contributed by atoms with Crippen molar-refractivity contribution in [1.82, 2.24) is 14.5 Å². The molecular formula is C32H31ClIN3O3. The summed E-state index contributed by atoms with van der Waals surface area (Å²) >= 11 is 8.52. The molecular weight excluding hydrogens is 637 g/mol. The zero-order chi connectivity index (χ0) is 27.4. The molecule has 1 saturated heterocycles. The third-order valence-corrected chi connectivity index (χ3v) is 8.46. The highest BCUT2D eigenvalue weighted by Gasteiger charge is 2.45. The average Bonchev–Trinajstić information content (AvgIpc) is 3.63. The molecule has 2 atom stereocenters. The number of nitrogens with zero attached hydrogens (tertiary/aromatic N) is 3. The van der Waals surface area contributed by atoms with E-state index < -0.39 is 5.79 Å². The first-order chi connectivity index (χ1) is 19.6. The Morgan fingerprint density at radius 1 is 1.10 bits per heavy atom. The first-order valence-corrected chi connectivity index (χ1v) is 14.9. The van der Waals surface area contributed by atoms with Gasteiger partial charge in [0.25, 0.3) is 0 Å². The van der Waals surface area contributed by atoms with Gasteiger partial charge < -0.3 is 18.8 Å². The van der Waals surface area contributed by atoms with Crippen molar-refractivity contribution in [3.05, 3.63) is 122 Å². The van der Waals surface area contributed by atoms with Crippen molar-refractivity contribution >= 4 is 40.3 Å². The molecule has 3 aromatic carbocycles. The molecule has 0 aliphatic carbocycles. The predicted octanol–water partition coefficient (Wildman–Crippen LogP) is 6.56. The maximum atomic E-state index is 6.59. The van der Waals surface area contributed by atoms with Gasteiger partial charge in [-0.15, -0.1) is 0 Å². The van der Waals surface area contributed by atoms with Crippen LogP contribution in [-0.2, 0) is 34.8 Å².